The van der Waals surface area contributed by atoms with Crippen LogP contribution in [0.25, 0.3) is 11.0 Å². The number of nitrogens with zero attached hydrogens (tertiary/aromatic N) is 2. The summed E-state index contributed by atoms with van der Waals surface area (Å²) < 4.78 is 8.14. The third-order valence-electron chi connectivity index (χ3n) is 4.75. The second-order valence-corrected chi connectivity index (χ2v) is 7.55. The van der Waals surface area contributed by atoms with Crippen molar-refractivity contribution in [3.63, 3.8) is 0 Å². The molecule has 0 unspecified atom stereocenters. The number of carbonyl (C=O) groups is 1. The highest BCUT2D eigenvalue weighted by Gasteiger charge is 2.11. The fourth-order valence-electron chi connectivity index (χ4n) is 3.25. The molecule has 152 valence electrons. The second kappa shape index (κ2) is 9.14. The number of aromatic nitrogens is 2. The molecular formula is C23H26ClN3O2. The average Bonchev–Trinajstić information content (AvgIpc) is 3.03. The fraction of sp³-hybridized carbons (Fsp3) is 0.304. The molecule has 1 aromatic heterocycles. The monoisotopic (exact) mass is 411 g/mol. The molecule has 0 aliphatic rings. The highest BCUT2D eigenvalue weighted by Crippen LogP contribution is 2.26. The minimum absolute atomic E-state index is 0.135. The fourth-order valence-corrected chi connectivity index (χ4v) is 3.36. The Morgan fingerprint density at radius 2 is 1.93 bits per heavy atom. The largest absolute Gasteiger partial charge is 0.492 e. The highest BCUT2D eigenvalue weighted by atomic mass is 35.5. The normalized spacial score (nSPS) is 10.9. The van der Waals surface area contributed by atoms with Crippen molar-refractivity contribution >= 4 is 28.5 Å². The molecule has 1 heterocycles. The van der Waals surface area contributed by atoms with Crippen molar-refractivity contribution in [3.05, 3.63) is 70.5 Å². The van der Waals surface area contributed by atoms with E-state index in [2.05, 4.69) is 22.5 Å². The molecule has 0 saturated carbocycles. The van der Waals surface area contributed by atoms with Gasteiger partial charge in [-0.1, -0.05) is 30.3 Å². The van der Waals surface area contributed by atoms with E-state index in [9.17, 15) is 4.79 Å². The summed E-state index contributed by atoms with van der Waals surface area (Å²) >= 11 is 6.24. The van der Waals surface area contributed by atoms with E-state index < -0.39 is 0 Å². The van der Waals surface area contributed by atoms with E-state index in [1.54, 1.807) is 6.92 Å². The van der Waals surface area contributed by atoms with E-state index in [4.69, 9.17) is 21.3 Å². The molecule has 0 fully saturated rings. The number of imidazole rings is 1. The van der Waals surface area contributed by atoms with Gasteiger partial charge < -0.3 is 14.6 Å². The highest BCUT2D eigenvalue weighted by molar-refractivity contribution is 6.32. The molecule has 0 aliphatic heterocycles. The van der Waals surface area contributed by atoms with Crippen molar-refractivity contribution in [1.82, 2.24) is 14.9 Å². The Morgan fingerprint density at radius 1 is 1.24 bits per heavy atom. The number of aryl methyl sites for hydroxylation is 2. The van der Waals surface area contributed by atoms with Crippen LogP contribution in [0.15, 0.2) is 48.6 Å². The lowest BCUT2D eigenvalue weighted by Gasteiger charge is -2.13. The maximum absolute atomic E-state index is 11.7. The first-order chi connectivity index (χ1) is 13.9. The summed E-state index contributed by atoms with van der Waals surface area (Å²) in [5.41, 5.74) is 4.50. The lowest BCUT2D eigenvalue weighted by molar-refractivity contribution is -0.117. The molecule has 1 amide bonds. The van der Waals surface area contributed by atoms with Gasteiger partial charge >= 0.3 is 0 Å². The second-order valence-electron chi connectivity index (χ2n) is 7.17. The summed E-state index contributed by atoms with van der Waals surface area (Å²) in [7, 11) is 0. The van der Waals surface area contributed by atoms with Gasteiger partial charge in [-0.2, -0.15) is 0 Å². The van der Waals surface area contributed by atoms with Crippen molar-refractivity contribution in [2.45, 2.75) is 33.7 Å². The van der Waals surface area contributed by atoms with Gasteiger partial charge in [0.25, 0.3) is 0 Å². The van der Waals surface area contributed by atoms with Crippen LogP contribution >= 0.6 is 11.6 Å². The van der Waals surface area contributed by atoms with E-state index in [1.165, 1.54) is 0 Å². The molecule has 0 radical (unpaired) electrons. The number of para-hydroxylation sites is 2. The van der Waals surface area contributed by atoms with Gasteiger partial charge in [-0.15, -0.1) is 0 Å². The smallest absolute Gasteiger partial charge is 0.246 e. The van der Waals surface area contributed by atoms with E-state index in [0.29, 0.717) is 31.7 Å². The first-order valence-electron chi connectivity index (χ1n) is 9.64. The molecule has 2 aromatic carbocycles. The Hall–Kier alpha value is -2.79. The SMILES string of the molecule is C=C(C)C(=O)NCCc1nc2ccccc2n1CCOc1cc(C)c(Cl)c(C)c1. The number of benzene rings is 2. The van der Waals surface area contributed by atoms with Gasteiger partial charge in [-0.25, -0.2) is 4.98 Å². The molecule has 3 rings (SSSR count). The number of halogens is 1. The van der Waals surface area contributed by atoms with Crippen LogP contribution in [0.2, 0.25) is 5.02 Å². The van der Waals surface area contributed by atoms with E-state index in [-0.39, 0.29) is 5.91 Å². The Kier molecular flexibility index (Phi) is 6.60. The zero-order valence-electron chi connectivity index (χ0n) is 17.1. The van der Waals surface area contributed by atoms with Crippen molar-refractivity contribution in [3.8, 4) is 5.75 Å². The van der Waals surface area contributed by atoms with Crippen molar-refractivity contribution in [1.29, 1.82) is 0 Å². The molecular weight excluding hydrogens is 386 g/mol. The van der Waals surface area contributed by atoms with Crippen LogP contribution in [0, 0.1) is 13.8 Å². The molecule has 1 N–H and O–H groups in total. The number of fused-ring (bicyclic) bond motifs is 1. The molecule has 3 aromatic rings. The van der Waals surface area contributed by atoms with Crippen LogP contribution in [0.4, 0.5) is 0 Å². The topological polar surface area (TPSA) is 56.2 Å². The summed E-state index contributed by atoms with van der Waals surface area (Å²) in [4.78, 5) is 16.5. The zero-order valence-corrected chi connectivity index (χ0v) is 17.8. The Bertz CT molecular complexity index is 1030. The number of hydrogen-bond acceptors (Lipinski definition) is 3. The number of nitrogens with one attached hydrogen (secondary N) is 1. The molecule has 0 bridgehead atoms. The van der Waals surface area contributed by atoms with E-state index in [0.717, 1.165) is 38.8 Å². The van der Waals surface area contributed by atoms with Gasteiger partial charge in [-0.3, -0.25) is 4.79 Å². The molecule has 0 saturated heterocycles. The number of amides is 1. The van der Waals surface area contributed by atoms with E-state index >= 15 is 0 Å². The predicted molar refractivity (Wildman–Crippen MR) is 118 cm³/mol. The standard InChI is InChI=1S/C23H26ClN3O2/c1-15(2)23(28)25-10-9-21-26-19-7-5-6-8-20(19)27(21)11-12-29-18-13-16(3)22(24)17(4)14-18/h5-8,13-14H,1,9-12H2,2-4H3,(H,25,28). The Labute approximate surface area is 176 Å². The number of carbonyl (C=O) groups excluding carboxylic acids is 1. The first kappa shape index (κ1) is 20.9. The van der Waals surface area contributed by atoms with Crippen LogP contribution in [0.1, 0.15) is 23.9 Å². The first-order valence-corrected chi connectivity index (χ1v) is 10.0. The van der Waals surface area contributed by atoms with Crippen molar-refractivity contribution in [2.75, 3.05) is 13.2 Å². The quantitative estimate of drug-likeness (QED) is 0.550. The van der Waals surface area contributed by atoms with Gasteiger partial charge in [0.1, 0.15) is 18.2 Å². The molecule has 6 heteroatoms. The average molecular weight is 412 g/mol. The van der Waals surface area contributed by atoms with E-state index in [1.807, 2.05) is 44.2 Å². The van der Waals surface area contributed by atoms with Crippen LogP contribution in [-0.2, 0) is 17.8 Å². The minimum Gasteiger partial charge on any atom is -0.492 e. The summed E-state index contributed by atoms with van der Waals surface area (Å²) in [5.74, 6) is 1.59. The molecule has 0 spiro atoms. The summed E-state index contributed by atoms with van der Waals surface area (Å²) in [6, 6.07) is 11.9. The minimum atomic E-state index is -0.135. The molecule has 0 aliphatic carbocycles. The third kappa shape index (κ3) is 4.98. The maximum atomic E-state index is 11.7. The van der Waals surface area contributed by atoms with Gasteiger partial charge in [0.05, 0.1) is 17.6 Å². The summed E-state index contributed by atoms with van der Waals surface area (Å²) in [6.45, 7) is 11.0. The third-order valence-corrected chi connectivity index (χ3v) is 5.35. The molecule has 29 heavy (non-hydrogen) atoms. The van der Waals surface area contributed by atoms with Gasteiger partial charge in [0, 0.05) is 23.6 Å². The summed E-state index contributed by atoms with van der Waals surface area (Å²) in [6.07, 6.45) is 0.632. The zero-order chi connectivity index (χ0) is 21.0. The molecule has 0 atom stereocenters. The van der Waals surface area contributed by atoms with Crippen molar-refractivity contribution < 1.29 is 9.53 Å². The van der Waals surface area contributed by atoms with Crippen LogP contribution in [0.5, 0.6) is 5.75 Å². The summed E-state index contributed by atoms with van der Waals surface area (Å²) in [5, 5.41) is 3.64. The molecule has 5 nitrogen and oxygen atoms in total. The Balaban J connectivity index is 1.72. The maximum Gasteiger partial charge on any atom is 0.246 e. The number of hydrogen-bond donors (Lipinski definition) is 1. The van der Waals surface area contributed by atoms with Gasteiger partial charge in [-0.05, 0) is 56.2 Å². The predicted octanol–water partition coefficient (Wildman–Crippen LogP) is 4.62. The van der Waals surface area contributed by atoms with Crippen molar-refractivity contribution in [2.24, 2.45) is 0 Å². The van der Waals surface area contributed by atoms with Gasteiger partial charge in [0.15, 0.2) is 0 Å². The number of ether oxygens (including phenoxy) is 1. The Morgan fingerprint density at radius 3 is 2.62 bits per heavy atom. The van der Waals surface area contributed by atoms with Crippen LogP contribution in [0.3, 0.4) is 0 Å². The number of rotatable bonds is 8. The lowest BCUT2D eigenvalue weighted by Crippen LogP contribution is -2.27. The van der Waals surface area contributed by atoms with Crippen LogP contribution in [-0.4, -0.2) is 28.6 Å². The van der Waals surface area contributed by atoms with Gasteiger partial charge in [0.2, 0.25) is 5.91 Å². The lowest BCUT2D eigenvalue weighted by atomic mass is 10.1. The van der Waals surface area contributed by atoms with Crippen LogP contribution < -0.4 is 10.1 Å².